The van der Waals surface area contributed by atoms with Crippen molar-refractivity contribution in [1.29, 1.82) is 0 Å². The van der Waals surface area contributed by atoms with E-state index in [4.69, 9.17) is 23.8 Å². The van der Waals surface area contributed by atoms with E-state index in [2.05, 4.69) is 10.6 Å². The normalized spacial score (nSPS) is 13.4. The molecule has 0 aliphatic carbocycles. The molecule has 0 radical (unpaired) electrons. The zero-order valence-corrected chi connectivity index (χ0v) is 12.5. The van der Waals surface area contributed by atoms with Crippen LogP contribution in [0.5, 0.6) is 0 Å². The molecule has 0 unspecified atom stereocenters. The van der Waals surface area contributed by atoms with Crippen molar-refractivity contribution in [3.63, 3.8) is 0 Å². The van der Waals surface area contributed by atoms with Crippen LogP contribution in [-0.2, 0) is 6.54 Å². The van der Waals surface area contributed by atoms with Gasteiger partial charge < -0.3 is 10.6 Å². The van der Waals surface area contributed by atoms with Gasteiger partial charge in [0.2, 0.25) is 0 Å². The lowest BCUT2D eigenvalue weighted by Crippen LogP contribution is -2.44. The van der Waals surface area contributed by atoms with E-state index >= 15 is 0 Å². The number of carbonyl (C=O) groups is 1. The number of halogens is 1. The van der Waals surface area contributed by atoms with Gasteiger partial charge in [-0.2, -0.15) is 0 Å². The topological polar surface area (TPSA) is 44.4 Å². The predicted molar refractivity (Wildman–Crippen MR) is 88.7 cm³/mol. The summed E-state index contributed by atoms with van der Waals surface area (Å²) in [7, 11) is 0. The van der Waals surface area contributed by atoms with Gasteiger partial charge in [-0.25, -0.2) is 4.79 Å². The molecule has 0 fully saturated rings. The third-order valence-electron chi connectivity index (χ3n) is 3.19. The lowest BCUT2D eigenvalue weighted by molar-refractivity contribution is 0.232. The molecular weight excluding hydrogens is 306 g/mol. The van der Waals surface area contributed by atoms with Gasteiger partial charge in [0.15, 0.2) is 5.11 Å². The number of anilines is 2. The molecule has 0 bridgehead atoms. The van der Waals surface area contributed by atoms with Crippen molar-refractivity contribution in [3.8, 4) is 0 Å². The summed E-state index contributed by atoms with van der Waals surface area (Å²) >= 11 is 11.3. The first-order valence-electron chi connectivity index (χ1n) is 6.37. The van der Waals surface area contributed by atoms with Crippen LogP contribution < -0.4 is 10.6 Å². The molecule has 4 nitrogen and oxygen atoms in total. The average molecular weight is 318 g/mol. The summed E-state index contributed by atoms with van der Waals surface area (Å²) < 4.78 is 0. The number of thiocarbonyl (C=S) groups is 1. The fraction of sp³-hybridized carbons (Fsp3) is 0.0667. The Kier molecular flexibility index (Phi) is 3.77. The number of urea groups is 1. The number of fused-ring (bicyclic) bond motifs is 1. The highest BCUT2D eigenvalue weighted by molar-refractivity contribution is 7.80. The predicted octanol–water partition coefficient (Wildman–Crippen LogP) is 4.08. The van der Waals surface area contributed by atoms with Gasteiger partial charge in [-0.15, -0.1) is 0 Å². The van der Waals surface area contributed by atoms with Gasteiger partial charge in [0.05, 0.1) is 17.3 Å². The minimum Gasteiger partial charge on any atom is -0.332 e. The summed E-state index contributed by atoms with van der Waals surface area (Å²) in [5.74, 6) is 0. The monoisotopic (exact) mass is 317 g/mol. The van der Waals surface area contributed by atoms with Crippen molar-refractivity contribution >= 4 is 46.3 Å². The van der Waals surface area contributed by atoms with Crippen LogP contribution in [0.1, 0.15) is 5.56 Å². The Morgan fingerprint density at radius 1 is 1.19 bits per heavy atom. The van der Waals surface area contributed by atoms with Crippen molar-refractivity contribution in [1.82, 2.24) is 4.90 Å². The molecule has 1 heterocycles. The Balaban J connectivity index is 1.80. The second kappa shape index (κ2) is 5.71. The van der Waals surface area contributed by atoms with E-state index in [1.165, 1.54) is 4.90 Å². The summed E-state index contributed by atoms with van der Waals surface area (Å²) in [6.07, 6.45) is 0. The maximum atomic E-state index is 12.4. The van der Waals surface area contributed by atoms with E-state index in [-0.39, 0.29) is 6.03 Å². The molecule has 0 aromatic heterocycles. The molecule has 2 amide bonds. The lowest BCUT2D eigenvalue weighted by Gasteiger charge is -2.30. The van der Waals surface area contributed by atoms with E-state index in [1.807, 2.05) is 30.3 Å². The van der Waals surface area contributed by atoms with Gasteiger partial charge in [-0.3, -0.25) is 4.90 Å². The molecule has 21 heavy (non-hydrogen) atoms. The van der Waals surface area contributed by atoms with Crippen molar-refractivity contribution in [2.45, 2.75) is 6.54 Å². The zero-order chi connectivity index (χ0) is 14.8. The molecule has 6 heteroatoms. The largest absolute Gasteiger partial charge is 0.332 e. The molecule has 0 saturated heterocycles. The molecule has 1 aliphatic heterocycles. The molecule has 0 saturated carbocycles. The van der Waals surface area contributed by atoms with E-state index in [1.54, 1.807) is 18.2 Å². The molecule has 3 rings (SSSR count). The number of amides is 2. The zero-order valence-electron chi connectivity index (χ0n) is 11.0. The minimum absolute atomic E-state index is 0.310. The standard InChI is InChI=1S/C15H12ClN3OS/c16-11-6-2-4-8-13(11)17-14(20)19-9-10-5-1-3-7-12(10)18-15(19)21/h1-8H,9H2,(H,17,20)(H,18,21). The highest BCUT2D eigenvalue weighted by Crippen LogP contribution is 2.25. The van der Waals surface area contributed by atoms with Crippen molar-refractivity contribution in [2.75, 3.05) is 10.6 Å². The van der Waals surface area contributed by atoms with E-state index in [0.29, 0.717) is 22.4 Å². The third kappa shape index (κ3) is 2.84. The Hall–Kier alpha value is -2.11. The second-order valence-corrected chi connectivity index (χ2v) is 5.38. The second-order valence-electron chi connectivity index (χ2n) is 4.58. The number of carbonyl (C=O) groups excluding carboxylic acids is 1. The number of benzene rings is 2. The van der Waals surface area contributed by atoms with Crippen LogP contribution >= 0.6 is 23.8 Å². The summed E-state index contributed by atoms with van der Waals surface area (Å²) in [4.78, 5) is 13.8. The Morgan fingerprint density at radius 3 is 2.71 bits per heavy atom. The Labute approximate surface area is 132 Å². The SMILES string of the molecule is O=C(Nc1ccccc1Cl)N1Cc2ccccc2NC1=S. The smallest absolute Gasteiger partial charge is 0.328 e. The maximum absolute atomic E-state index is 12.4. The van der Waals surface area contributed by atoms with Crippen molar-refractivity contribution in [3.05, 3.63) is 59.1 Å². The van der Waals surface area contributed by atoms with E-state index in [9.17, 15) is 4.79 Å². The van der Waals surface area contributed by atoms with E-state index < -0.39 is 0 Å². The number of nitrogens with one attached hydrogen (secondary N) is 2. The molecule has 0 atom stereocenters. The summed E-state index contributed by atoms with van der Waals surface area (Å²) in [6.45, 7) is 0.429. The Bertz CT molecular complexity index is 720. The van der Waals surface area contributed by atoms with Crippen molar-refractivity contribution in [2.24, 2.45) is 0 Å². The van der Waals surface area contributed by atoms with Crippen LogP contribution in [0.15, 0.2) is 48.5 Å². The van der Waals surface area contributed by atoms with Crippen LogP contribution in [-0.4, -0.2) is 16.0 Å². The first kappa shape index (κ1) is 13.9. The first-order valence-corrected chi connectivity index (χ1v) is 7.16. The quantitative estimate of drug-likeness (QED) is 0.779. The minimum atomic E-state index is -0.310. The summed E-state index contributed by atoms with van der Waals surface area (Å²) in [5, 5.41) is 6.68. The van der Waals surface area contributed by atoms with Gasteiger partial charge in [0.1, 0.15) is 0 Å². The van der Waals surface area contributed by atoms with Crippen molar-refractivity contribution < 1.29 is 4.79 Å². The number of hydrogen-bond donors (Lipinski definition) is 2. The van der Waals surface area contributed by atoms with Crippen LogP contribution in [0.3, 0.4) is 0 Å². The van der Waals surface area contributed by atoms with Gasteiger partial charge in [0, 0.05) is 5.69 Å². The maximum Gasteiger partial charge on any atom is 0.328 e. The molecule has 2 N–H and O–H groups in total. The number of rotatable bonds is 1. The number of hydrogen-bond acceptors (Lipinski definition) is 2. The van der Waals surface area contributed by atoms with E-state index in [0.717, 1.165) is 11.3 Å². The van der Waals surface area contributed by atoms with Gasteiger partial charge in [-0.05, 0) is 36.0 Å². The van der Waals surface area contributed by atoms with Gasteiger partial charge in [0.25, 0.3) is 0 Å². The fourth-order valence-electron chi connectivity index (χ4n) is 2.11. The average Bonchev–Trinajstić information content (AvgIpc) is 2.49. The van der Waals surface area contributed by atoms with Crippen LogP contribution in [0, 0.1) is 0 Å². The van der Waals surface area contributed by atoms with Crippen LogP contribution in [0.25, 0.3) is 0 Å². The van der Waals surface area contributed by atoms with Crippen LogP contribution in [0.4, 0.5) is 16.2 Å². The molecular formula is C15H12ClN3OS. The number of nitrogens with zero attached hydrogens (tertiary/aromatic N) is 1. The highest BCUT2D eigenvalue weighted by Gasteiger charge is 2.25. The molecule has 2 aromatic rings. The molecule has 2 aromatic carbocycles. The molecule has 106 valence electrons. The van der Waals surface area contributed by atoms with Gasteiger partial charge in [-0.1, -0.05) is 41.9 Å². The summed E-state index contributed by atoms with van der Waals surface area (Å²) in [5.41, 5.74) is 2.51. The van der Waals surface area contributed by atoms with Gasteiger partial charge >= 0.3 is 6.03 Å². The fourth-order valence-corrected chi connectivity index (χ4v) is 2.55. The lowest BCUT2D eigenvalue weighted by atomic mass is 10.1. The van der Waals surface area contributed by atoms with Crippen LogP contribution in [0.2, 0.25) is 5.02 Å². The molecule has 0 spiro atoms. The Morgan fingerprint density at radius 2 is 1.90 bits per heavy atom. The third-order valence-corrected chi connectivity index (χ3v) is 3.85. The number of para-hydroxylation sites is 2. The first-order chi connectivity index (χ1) is 10.1. The summed E-state index contributed by atoms with van der Waals surface area (Å²) in [6, 6.07) is 14.5. The molecule has 1 aliphatic rings. The highest BCUT2D eigenvalue weighted by atomic mass is 35.5.